The molecule has 0 N–H and O–H groups in total. The lowest BCUT2D eigenvalue weighted by molar-refractivity contribution is 0.580. The molecule has 0 bridgehead atoms. The average molecular weight is 252 g/mol. The van der Waals surface area contributed by atoms with Crippen molar-refractivity contribution in [1.29, 1.82) is 0 Å². The minimum Gasteiger partial charge on any atom is -0.207 e. The Morgan fingerprint density at radius 2 is 1.88 bits per heavy atom. The van der Waals surface area contributed by atoms with Crippen LogP contribution in [0.15, 0.2) is 30.3 Å². The molecule has 0 aliphatic rings. The predicted molar refractivity (Wildman–Crippen MR) is 70.7 cm³/mol. The molecule has 2 aromatic carbocycles. The summed E-state index contributed by atoms with van der Waals surface area (Å²) in [4.78, 5) is 0. The molecule has 2 aromatic rings. The summed E-state index contributed by atoms with van der Waals surface area (Å²) >= 11 is 4.30. The van der Waals surface area contributed by atoms with Crippen LogP contribution >= 0.6 is 12.6 Å². The summed E-state index contributed by atoms with van der Waals surface area (Å²) in [6, 6.07) is 7.71. The van der Waals surface area contributed by atoms with E-state index in [0.717, 1.165) is 11.6 Å². The topological polar surface area (TPSA) is 0 Å². The molecule has 0 amide bonds. The molecule has 0 unspecified atom stereocenters. The number of hydrogen-bond donors (Lipinski definition) is 1. The summed E-state index contributed by atoms with van der Waals surface area (Å²) in [5.41, 5.74) is 0.615. The Kier molecular flexibility index (Phi) is 3.13. The third kappa shape index (κ3) is 2.16. The van der Waals surface area contributed by atoms with E-state index in [9.17, 15) is 8.78 Å². The summed E-state index contributed by atoms with van der Waals surface area (Å²) in [5.74, 6) is -0.454. The normalized spacial score (nSPS) is 12.1. The highest BCUT2D eigenvalue weighted by atomic mass is 32.1. The minimum absolute atomic E-state index is 0.249. The zero-order valence-corrected chi connectivity index (χ0v) is 10.7. The number of hydrogen-bond acceptors (Lipinski definition) is 1. The highest BCUT2D eigenvalue weighted by Crippen LogP contribution is 2.33. The molecule has 0 saturated heterocycles. The summed E-state index contributed by atoms with van der Waals surface area (Å²) in [6.45, 7) is 4.00. The first-order valence-electron chi connectivity index (χ1n) is 5.45. The van der Waals surface area contributed by atoms with Crippen molar-refractivity contribution < 1.29 is 8.78 Å². The minimum atomic E-state index is -0.546. The summed E-state index contributed by atoms with van der Waals surface area (Å²) < 4.78 is 27.1. The molecule has 90 valence electrons. The van der Waals surface area contributed by atoms with Crippen LogP contribution in [-0.4, -0.2) is 5.75 Å². The summed E-state index contributed by atoms with van der Waals surface area (Å²) in [5, 5.41) is 1.09. The van der Waals surface area contributed by atoms with Crippen molar-refractivity contribution in [3.63, 3.8) is 0 Å². The van der Waals surface area contributed by atoms with Crippen LogP contribution < -0.4 is 0 Å². The molecule has 0 nitrogen and oxygen atoms in total. The third-order valence-corrected chi connectivity index (χ3v) is 3.81. The first kappa shape index (κ1) is 12.4. The van der Waals surface area contributed by atoms with Crippen molar-refractivity contribution in [1.82, 2.24) is 0 Å². The van der Waals surface area contributed by atoms with Gasteiger partial charge >= 0.3 is 0 Å². The molecule has 0 atom stereocenters. The lowest BCUT2D eigenvalue weighted by Gasteiger charge is -2.24. The fraction of sp³-hybridized carbons (Fsp3) is 0.286. The summed E-state index contributed by atoms with van der Waals surface area (Å²) in [7, 11) is 0. The molecule has 0 radical (unpaired) electrons. The lowest BCUT2D eigenvalue weighted by atomic mass is 9.83. The lowest BCUT2D eigenvalue weighted by Crippen LogP contribution is -2.19. The number of fused-ring (bicyclic) bond motifs is 1. The smallest absolute Gasteiger partial charge is 0.134 e. The second kappa shape index (κ2) is 4.30. The average Bonchev–Trinajstić information content (AvgIpc) is 2.27. The van der Waals surface area contributed by atoms with E-state index in [1.807, 2.05) is 26.0 Å². The van der Waals surface area contributed by atoms with E-state index in [2.05, 4.69) is 12.6 Å². The molecule has 3 heteroatoms. The van der Waals surface area contributed by atoms with Gasteiger partial charge in [0.2, 0.25) is 0 Å². The molecule has 2 rings (SSSR count). The van der Waals surface area contributed by atoms with Gasteiger partial charge in [-0.1, -0.05) is 32.0 Å². The van der Waals surface area contributed by atoms with Gasteiger partial charge in [0.25, 0.3) is 0 Å². The second-order valence-electron chi connectivity index (χ2n) is 4.83. The van der Waals surface area contributed by atoms with Crippen molar-refractivity contribution in [2.45, 2.75) is 19.3 Å². The van der Waals surface area contributed by atoms with Gasteiger partial charge in [-0.2, -0.15) is 12.6 Å². The van der Waals surface area contributed by atoms with Crippen LogP contribution in [0.5, 0.6) is 0 Å². The van der Waals surface area contributed by atoms with Crippen molar-refractivity contribution in [3.8, 4) is 0 Å². The van der Waals surface area contributed by atoms with E-state index < -0.39 is 11.6 Å². The molecular weight excluding hydrogens is 238 g/mol. The van der Waals surface area contributed by atoms with Gasteiger partial charge in [-0.05, 0) is 28.2 Å². The zero-order valence-electron chi connectivity index (χ0n) is 9.80. The molecule has 0 aromatic heterocycles. The van der Waals surface area contributed by atoms with Crippen LogP contribution in [0.1, 0.15) is 19.4 Å². The van der Waals surface area contributed by atoms with Crippen molar-refractivity contribution in [2.75, 3.05) is 5.75 Å². The predicted octanol–water partition coefficient (Wildman–Crippen LogP) is 4.33. The Labute approximate surface area is 105 Å². The molecule has 0 aliphatic carbocycles. The van der Waals surface area contributed by atoms with Crippen LogP contribution in [0.25, 0.3) is 10.8 Å². The Hall–Kier alpha value is -1.09. The number of benzene rings is 2. The maximum absolute atomic E-state index is 13.9. The monoisotopic (exact) mass is 252 g/mol. The third-order valence-electron chi connectivity index (χ3n) is 3.02. The molecule has 0 heterocycles. The van der Waals surface area contributed by atoms with E-state index in [-0.39, 0.29) is 5.41 Å². The zero-order chi connectivity index (χ0) is 12.6. The van der Waals surface area contributed by atoms with Crippen molar-refractivity contribution in [3.05, 3.63) is 47.5 Å². The van der Waals surface area contributed by atoms with Gasteiger partial charge in [0.1, 0.15) is 11.6 Å². The molecular formula is C14H14F2S. The maximum Gasteiger partial charge on any atom is 0.134 e. The largest absolute Gasteiger partial charge is 0.207 e. The van der Waals surface area contributed by atoms with Crippen LogP contribution in [0.3, 0.4) is 0 Å². The van der Waals surface area contributed by atoms with Gasteiger partial charge in [-0.15, -0.1) is 0 Å². The highest BCUT2D eigenvalue weighted by molar-refractivity contribution is 7.80. The summed E-state index contributed by atoms with van der Waals surface area (Å²) in [6.07, 6.45) is 0. The fourth-order valence-electron chi connectivity index (χ4n) is 1.99. The Morgan fingerprint density at radius 3 is 2.53 bits per heavy atom. The second-order valence-corrected chi connectivity index (χ2v) is 5.15. The standard InChI is InChI=1S/C14H14F2S/c1-14(2,8-17)11-5-3-4-9-6-10(15)7-12(16)13(9)11/h3-7,17H,8H2,1-2H3. The van der Waals surface area contributed by atoms with Gasteiger partial charge < -0.3 is 0 Å². The van der Waals surface area contributed by atoms with Gasteiger partial charge in [0.05, 0.1) is 0 Å². The number of halogens is 2. The van der Waals surface area contributed by atoms with Crippen LogP contribution in [0.4, 0.5) is 8.78 Å². The van der Waals surface area contributed by atoms with E-state index in [1.165, 1.54) is 6.07 Å². The van der Waals surface area contributed by atoms with Crippen LogP contribution in [-0.2, 0) is 5.41 Å². The maximum atomic E-state index is 13.9. The van der Waals surface area contributed by atoms with Crippen molar-refractivity contribution in [2.24, 2.45) is 0 Å². The van der Waals surface area contributed by atoms with E-state index in [0.29, 0.717) is 16.5 Å². The molecule has 0 aliphatic heterocycles. The number of rotatable bonds is 2. The molecule has 17 heavy (non-hydrogen) atoms. The van der Waals surface area contributed by atoms with Gasteiger partial charge in [-0.25, -0.2) is 8.78 Å². The fourth-order valence-corrected chi connectivity index (χ4v) is 2.16. The highest BCUT2D eigenvalue weighted by Gasteiger charge is 2.22. The van der Waals surface area contributed by atoms with Gasteiger partial charge in [0, 0.05) is 11.5 Å². The molecule has 0 fully saturated rings. The van der Waals surface area contributed by atoms with Gasteiger partial charge in [0.15, 0.2) is 0 Å². The van der Waals surface area contributed by atoms with Crippen LogP contribution in [0.2, 0.25) is 0 Å². The Morgan fingerprint density at radius 1 is 1.18 bits per heavy atom. The van der Waals surface area contributed by atoms with E-state index >= 15 is 0 Å². The number of thiol groups is 1. The van der Waals surface area contributed by atoms with Gasteiger partial charge in [-0.3, -0.25) is 0 Å². The SMILES string of the molecule is CC(C)(CS)c1cccc2cc(F)cc(F)c12. The van der Waals surface area contributed by atoms with E-state index in [4.69, 9.17) is 0 Å². The van der Waals surface area contributed by atoms with Crippen LogP contribution in [0, 0.1) is 11.6 Å². The first-order valence-corrected chi connectivity index (χ1v) is 6.08. The molecule has 0 spiro atoms. The first-order chi connectivity index (χ1) is 7.95. The Balaban J connectivity index is 2.82. The van der Waals surface area contributed by atoms with E-state index in [1.54, 1.807) is 6.07 Å². The quantitative estimate of drug-likeness (QED) is 0.756. The Bertz CT molecular complexity index is 561. The molecule has 0 saturated carbocycles. The van der Waals surface area contributed by atoms with Crippen molar-refractivity contribution >= 4 is 23.4 Å².